The summed E-state index contributed by atoms with van der Waals surface area (Å²) in [5, 5.41) is 2.80. The van der Waals surface area contributed by atoms with Gasteiger partial charge in [0.1, 0.15) is 11.3 Å². The third-order valence-corrected chi connectivity index (χ3v) is 3.94. The zero-order chi connectivity index (χ0) is 15.5. The predicted molar refractivity (Wildman–Crippen MR) is 80.1 cm³/mol. The van der Waals surface area contributed by atoms with Crippen molar-refractivity contribution in [1.82, 2.24) is 10.2 Å². The molecule has 0 aliphatic carbocycles. The second-order valence-electron chi connectivity index (χ2n) is 5.71. The van der Waals surface area contributed by atoms with Gasteiger partial charge in [-0.25, -0.2) is 0 Å². The number of hydrogen-bond donors (Lipinski definition) is 1. The Morgan fingerprint density at radius 3 is 2.62 bits per heavy atom. The zero-order valence-corrected chi connectivity index (χ0v) is 12.8. The smallest absolute Gasteiger partial charge is 0.245 e. The molecular formula is C16H22N2O3. The monoisotopic (exact) mass is 290 g/mol. The number of ether oxygens (including phenoxy) is 1. The van der Waals surface area contributed by atoms with Crippen molar-refractivity contribution in [2.45, 2.75) is 32.2 Å². The molecule has 1 N–H and O–H groups in total. The molecule has 2 rings (SSSR count). The van der Waals surface area contributed by atoms with E-state index in [-0.39, 0.29) is 11.8 Å². The van der Waals surface area contributed by atoms with Gasteiger partial charge in [-0.15, -0.1) is 0 Å². The lowest BCUT2D eigenvalue weighted by Gasteiger charge is -2.41. The van der Waals surface area contributed by atoms with Crippen LogP contribution in [-0.4, -0.2) is 42.5 Å². The molecule has 1 aromatic rings. The van der Waals surface area contributed by atoms with Crippen molar-refractivity contribution >= 4 is 11.8 Å². The molecule has 1 aromatic carbocycles. The second-order valence-corrected chi connectivity index (χ2v) is 5.71. The maximum atomic E-state index is 12.4. The van der Waals surface area contributed by atoms with E-state index >= 15 is 0 Å². The van der Waals surface area contributed by atoms with Crippen molar-refractivity contribution in [1.29, 1.82) is 0 Å². The molecule has 114 valence electrons. The van der Waals surface area contributed by atoms with Crippen LogP contribution < -0.4 is 10.1 Å². The molecule has 1 aliphatic heterocycles. The Bertz CT molecular complexity index is 523. The van der Waals surface area contributed by atoms with E-state index in [4.69, 9.17) is 4.74 Å². The van der Waals surface area contributed by atoms with Crippen LogP contribution in [0.25, 0.3) is 0 Å². The van der Waals surface area contributed by atoms with Crippen molar-refractivity contribution < 1.29 is 14.3 Å². The normalized spacial score (nSPS) is 17.3. The van der Waals surface area contributed by atoms with Crippen LogP contribution in [0.4, 0.5) is 0 Å². The quantitative estimate of drug-likeness (QED) is 0.911. The Morgan fingerprint density at radius 2 is 2.00 bits per heavy atom. The number of carbonyl (C=O) groups excluding carboxylic acids is 2. The van der Waals surface area contributed by atoms with Crippen molar-refractivity contribution in [2.24, 2.45) is 0 Å². The number of methoxy groups -OCH3 is 1. The summed E-state index contributed by atoms with van der Waals surface area (Å²) in [6.45, 7) is 4.66. The Balaban J connectivity index is 1.96. The van der Waals surface area contributed by atoms with E-state index in [0.717, 1.165) is 11.3 Å². The molecule has 0 aromatic heterocycles. The fourth-order valence-electron chi connectivity index (χ4n) is 2.51. The third kappa shape index (κ3) is 3.35. The summed E-state index contributed by atoms with van der Waals surface area (Å²) < 4.78 is 5.11. The van der Waals surface area contributed by atoms with Crippen LogP contribution in [0.5, 0.6) is 5.75 Å². The molecule has 0 atom stereocenters. The summed E-state index contributed by atoms with van der Waals surface area (Å²) in [6.07, 6.45) is 1.07. The highest BCUT2D eigenvalue weighted by Gasteiger charge is 2.39. The lowest BCUT2D eigenvalue weighted by molar-refractivity contribution is -0.149. The van der Waals surface area contributed by atoms with E-state index in [0.29, 0.717) is 25.9 Å². The number of nitrogens with one attached hydrogen (secondary N) is 1. The predicted octanol–water partition coefficient (Wildman–Crippen LogP) is 1.36. The first-order valence-electron chi connectivity index (χ1n) is 7.17. The first-order valence-corrected chi connectivity index (χ1v) is 7.17. The van der Waals surface area contributed by atoms with Crippen LogP contribution in [0, 0.1) is 0 Å². The molecule has 1 fully saturated rings. The molecule has 2 amide bonds. The van der Waals surface area contributed by atoms with E-state index in [1.807, 2.05) is 24.3 Å². The largest absolute Gasteiger partial charge is 0.497 e. The fourth-order valence-corrected chi connectivity index (χ4v) is 2.51. The topological polar surface area (TPSA) is 58.6 Å². The van der Waals surface area contributed by atoms with Crippen molar-refractivity contribution in [3.63, 3.8) is 0 Å². The summed E-state index contributed by atoms with van der Waals surface area (Å²) in [6, 6.07) is 7.69. The summed E-state index contributed by atoms with van der Waals surface area (Å²) in [5.41, 5.74) is 0.318. The maximum Gasteiger partial charge on any atom is 0.245 e. The molecule has 21 heavy (non-hydrogen) atoms. The van der Waals surface area contributed by atoms with Crippen LogP contribution >= 0.6 is 0 Å². The van der Waals surface area contributed by atoms with Crippen LogP contribution in [0.2, 0.25) is 0 Å². The Hall–Kier alpha value is -2.04. The minimum absolute atomic E-state index is 0.0191. The van der Waals surface area contributed by atoms with Crippen LogP contribution in [-0.2, 0) is 16.0 Å². The summed E-state index contributed by atoms with van der Waals surface area (Å²) in [7, 11) is 1.63. The summed E-state index contributed by atoms with van der Waals surface area (Å²) >= 11 is 0. The fraction of sp³-hybridized carbons (Fsp3) is 0.500. The van der Waals surface area contributed by atoms with Gasteiger partial charge in [-0.1, -0.05) is 12.1 Å². The highest BCUT2D eigenvalue weighted by molar-refractivity contribution is 5.91. The van der Waals surface area contributed by atoms with Gasteiger partial charge in [-0.2, -0.15) is 0 Å². The lowest BCUT2D eigenvalue weighted by Crippen LogP contribution is -2.63. The van der Waals surface area contributed by atoms with Gasteiger partial charge in [-0.05, 0) is 38.0 Å². The summed E-state index contributed by atoms with van der Waals surface area (Å²) in [4.78, 5) is 25.9. The van der Waals surface area contributed by atoms with Crippen LogP contribution in [0.1, 0.15) is 25.8 Å². The number of nitrogens with zero attached hydrogens (tertiary/aromatic N) is 1. The van der Waals surface area contributed by atoms with E-state index in [2.05, 4.69) is 5.32 Å². The maximum absolute atomic E-state index is 12.4. The molecule has 0 unspecified atom stereocenters. The molecule has 1 aliphatic rings. The minimum atomic E-state index is -0.769. The first-order chi connectivity index (χ1) is 9.95. The van der Waals surface area contributed by atoms with Gasteiger partial charge in [0.2, 0.25) is 11.8 Å². The molecule has 0 saturated carbocycles. The van der Waals surface area contributed by atoms with Gasteiger partial charge >= 0.3 is 0 Å². The molecule has 1 heterocycles. The Morgan fingerprint density at radius 1 is 1.33 bits per heavy atom. The zero-order valence-electron chi connectivity index (χ0n) is 12.8. The van der Waals surface area contributed by atoms with Gasteiger partial charge in [-0.3, -0.25) is 9.59 Å². The van der Waals surface area contributed by atoms with Crippen molar-refractivity contribution in [2.75, 3.05) is 20.2 Å². The second kappa shape index (κ2) is 6.16. The number of amides is 2. The molecular weight excluding hydrogens is 268 g/mol. The summed E-state index contributed by atoms with van der Waals surface area (Å²) in [5.74, 6) is 0.733. The number of rotatable bonds is 4. The number of hydrogen-bond acceptors (Lipinski definition) is 3. The first kappa shape index (κ1) is 15.4. The highest BCUT2D eigenvalue weighted by atomic mass is 16.5. The number of piperazine rings is 1. The SMILES string of the molecule is COc1ccc(CCC(=O)N2CCNC(=O)C2(C)C)cc1. The van der Waals surface area contributed by atoms with Crippen LogP contribution in [0.15, 0.2) is 24.3 Å². The lowest BCUT2D eigenvalue weighted by atomic mass is 9.97. The molecule has 5 nitrogen and oxygen atoms in total. The average molecular weight is 290 g/mol. The van der Waals surface area contributed by atoms with Gasteiger partial charge in [0.05, 0.1) is 7.11 Å². The van der Waals surface area contributed by atoms with E-state index in [9.17, 15) is 9.59 Å². The van der Waals surface area contributed by atoms with Crippen LogP contribution in [0.3, 0.4) is 0 Å². The van der Waals surface area contributed by atoms with E-state index < -0.39 is 5.54 Å². The number of benzene rings is 1. The molecule has 0 spiro atoms. The standard InChI is InChI=1S/C16H22N2O3/c1-16(2)15(20)17-10-11-18(16)14(19)9-6-12-4-7-13(21-3)8-5-12/h4-5,7-8H,6,9-11H2,1-3H3,(H,17,20). The molecule has 0 radical (unpaired) electrons. The average Bonchev–Trinajstić information content (AvgIpc) is 2.48. The Kier molecular flexibility index (Phi) is 4.50. The molecule has 0 bridgehead atoms. The number of carbonyl (C=O) groups is 2. The van der Waals surface area contributed by atoms with Gasteiger partial charge in [0.25, 0.3) is 0 Å². The van der Waals surface area contributed by atoms with Gasteiger partial charge in [0.15, 0.2) is 0 Å². The third-order valence-electron chi connectivity index (χ3n) is 3.94. The molecule has 5 heteroatoms. The highest BCUT2D eigenvalue weighted by Crippen LogP contribution is 2.20. The van der Waals surface area contributed by atoms with Crippen molar-refractivity contribution in [3.05, 3.63) is 29.8 Å². The molecule has 1 saturated heterocycles. The van der Waals surface area contributed by atoms with Gasteiger partial charge in [0, 0.05) is 19.5 Å². The van der Waals surface area contributed by atoms with E-state index in [1.54, 1.807) is 25.9 Å². The Labute approximate surface area is 125 Å². The van der Waals surface area contributed by atoms with Gasteiger partial charge < -0.3 is 15.0 Å². The van der Waals surface area contributed by atoms with E-state index in [1.165, 1.54) is 0 Å². The van der Waals surface area contributed by atoms with Crippen molar-refractivity contribution in [3.8, 4) is 5.75 Å². The minimum Gasteiger partial charge on any atom is -0.497 e. The number of aryl methyl sites for hydroxylation is 1.